The zero-order valence-electron chi connectivity index (χ0n) is 11.5. The number of rotatable bonds is 2. The summed E-state index contributed by atoms with van der Waals surface area (Å²) in [5.74, 6) is 0.0856. The highest BCUT2D eigenvalue weighted by molar-refractivity contribution is 5.95. The number of aryl methyl sites for hydroxylation is 1. The zero-order chi connectivity index (χ0) is 14.0. The molecule has 2 heterocycles. The van der Waals surface area contributed by atoms with Gasteiger partial charge in [-0.3, -0.25) is 9.59 Å². The lowest BCUT2D eigenvalue weighted by atomic mass is 10.1. The van der Waals surface area contributed by atoms with E-state index in [-0.39, 0.29) is 11.8 Å². The van der Waals surface area contributed by atoms with Crippen LogP contribution in [0.3, 0.4) is 0 Å². The molecule has 1 fully saturated rings. The summed E-state index contributed by atoms with van der Waals surface area (Å²) in [6.07, 6.45) is 3.30. The number of hydrogen-bond acceptors (Lipinski definition) is 4. The quantitative estimate of drug-likeness (QED) is 0.738. The molecule has 1 aromatic heterocycles. The minimum Gasteiger partial charge on any atom is -0.347 e. The van der Waals surface area contributed by atoms with Crippen molar-refractivity contribution in [1.29, 1.82) is 0 Å². The number of piperazine rings is 1. The molecule has 7 heteroatoms. The van der Waals surface area contributed by atoms with Crippen molar-refractivity contribution in [1.82, 2.24) is 24.7 Å². The van der Waals surface area contributed by atoms with E-state index in [0.29, 0.717) is 25.5 Å². The Morgan fingerprint density at radius 3 is 2.79 bits per heavy atom. The lowest BCUT2D eigenvalue weighted by Gasteiger charge is -2.36. The van der Waals surface area contributed by atoms with Gasteiger partial charge in [-0.1, -0.05) is 0 Å². The average molecular weight is 265 g/mol. The molecule has 19 heavy (non-hydrogen) atoms. The first kappa shape index (κ1) is 13.5. The van der Waals surface area contributed by atoms with Crippen LogP contribution < -0.4 is 5.32 Å². The number of nitrogens with zero attached hydrogens (tertiary/aromatic N) is 4. The van der Waals surface area contributed by atoms with Crippen LogP contribution in [0.4, 0.5) is 0 Å². The van der Waals surface area contributed by atoms with Crippen LogP contribution >= 0.6 is 0 Å². The van der Waals surface area contributed by atoms with Crippen LogP contribution in [-0.2, 0) is 11.8 Å². The Kier molecular flexibility index (Phi) is 3.84. The van der Waals surface area contributed by atoms with Gasteiger partial charge in [0.25, 0.3) is 5.91 Å². The number of amides is 2. The third kappa shape index (κ3) is 2.60. The topological polar surface area (TPSA) is 70.5 Å². The van der Waals surface area contributed by atoms with E-state index in [2.05, 4.69) is 10.3 Å². The van der Waals surface area contributed by atoms with Crippen LogP contribution in [0.5, 0.6) is 0 Å². The Balaban J connectivity index is 2.23. The Morgan fingerprint density at radius 1 is 1.47 bits per heavy atom. The molecule has 2 rings (SSSR count). The van der Waals surface area contributed by atoms with Gasteiger partial charge in [-0.05, 0) is 0 Å². The molecule has 1 N–H and O–H groups in total. The summed E-state index contributed by atoms with van der Waals surface area (Å²) in [6.45, 7) is 1.68. The highest BCUT2D eigenvalue weighted by atomic mass is 16.2. The summed E-state index contributed by atoms with van der Waals surface area (Å²) in [5.41, 5.74) is 0. The van der Waals surface area contributed by atoms with Crippen LogP contribution in [0.25, 0.3) is 0 Å². The molecule has 1 aliphatic heterocycles. The molecular weight excluding hydrogens is 246 g/mol. The highest BCUT2D eigenvalue weighted by Crippen LogP contribution is 2.10. The van der Waals surface area contributed by atoms with E-state index in [1.807, 2.05) is 0 Å². The van der Waals surface area contributed by atoms with E-state index in [9.17, 15) is 9.59 Å². The summed E-state index contributed by atoms with van der Waals surface area (Å²) in [5, 5.41) is 3.15. The standard InChI is InChI=1S/C12H19N5O2/c1-15(2)11(18)9-8-13-4-7-17(9)12(19)10-14-5-6-16(10)3/h5-6,9,13H,4,7-8H2,1-3H3. The molecule has 1 atom stereocenters. The maximum Gasteiger partial charge on any atom is 0.290 e. The monoisotopic (exact) mass is 265 g/mol. The summed E-state index contributed by atoms with van der Waals surface area (Å²) >= 11 is 0. The number of carbonyl (C=O) groups excluding carboxylic acids is 2. The fourth-order valence-electron chi connectivity index (χ4n) is 2.17. The third-order valence-electron chi connectivity index (χ3n) is 3.24. The van der Waals surface area contributed by atoms with Gasteiger partial charge in [0, 0.05) is 53.2 Å². The van der Waals surface area contributed by atoms with Gasteiger partial charge in [-0.25, -0.2) is 4.98 Å². The number of likely N-dealkylation sites (N-methyl/N-ethyl adjacent to an activating group) is 1. The van der Waals surface area contributed by atoms with Crippen molar-refractivity contribution in [3.63, 3.8) is 0 Å². The molecule has 1 aromatic rings. The maximum atomic E-state index is 12.5. The van der Waals surface area contributed by atoms with Gasteiger partial charge in [-0.15, -0.1) is 0 Å². The van der Waals surface area contributed by atoms with E-state index >= 15 is 0 Å². The first-order valence-corrected chi connectivity index (χ1v) is 6.22. The Bertz CT molecular complexity index is 482. The second-order valence-corrected chi connectivity index (χ2v) is 4.81. The highest BCUT2D eigenvalue weighted by Gasteiger charge is 2.34. The van der Waals surface area contributed by atoms with Crippen molar-refractivity contribution in [2.45, 2.75) is 6.04 Å². The van der Waals surface area contributed by atoms with Crippen LogP contribution in [0.15, 0.2) is 12.4 Å². The van der Waals surface area contributed by atoms with Crippen LogP contribution in [0, 0.1) is 0 Å². The lowest BCUT2D eigenvalue weighted by Crippen LogP contribution is -2.59. The van der Waals surface area contributed by atoms with Crippen LogP contribution in [-0.4, -0.2) is 70.9 Å². The summed E-state index contributed by atoms with van der Waals surface area (Å²) in [7, 11) is 5.16. The fourth-order valence-corrected chi connectivity index (χ4v) is 2.17. The first-order valence-electron chi connectivity index (χ1n) is 6.22. The van der Waals surface area contributed by atoms with Gasteiger partial charge in [0.1, 0.15) is 6.04 Å². The molecule has 104 valence electrons. The second kappa shape index (κ2) is 5.40. The molecule has 0 bridgehead atoms. The third-order valence-corrected chi connectivity index (χ3v) is 3.24. The van der Waals surface area contributed by atoms with Gasteiger partial charge in [0.15, 0.2) is 5.82 Å². The Labute approximate surface area is 112 Å². The first-order chi connectivity index (χ1) is 9.02. The molecule has 1 aliphatic rings. The molecular formula is C12H19N5O2. The van der Waals surface area contributed by atoms with Crippen molar-refractivity contribution in [3.8, 4) is 0 Å². The van der Waals surface area contributed by atoms with Gasteiger partial charge < -0.3 is 19.7 Å². The summed E-state index contributed by atoms with van der Waals surface area (Å²) in [6, 6.07) is -0.465. The molecule has 7 nitrogen and oxygen atoms in total. The smallest absolute Gasteiger partial charge is 0.290 e. The molecule has 0 radical (unpaired) electrons. The average Bonchev–Trinajstić information content (AvgIpc) is 2.83. The molecule has 0 spiro atoms. The number of nitrogens with one attached hydrogen (secondary N) is 1. The summed E-state index contributed by atoms with van der Waals surface area (Å²) < 4.78 is 1.67. The Morgan fingerprint density at radius 2 is 2.21 bits per heavy atom. The second-order valence-electron chi connectivity index (χ2n) is 4.81. The predicted molar refractivity (Wildman–Crippen MR) is 69.6 cm³/mol. The number of imidazole rings is 1. The lowest BCUT2D eigenvalue weighted by molar-refractivity contribution is -0.134. The molecule has 0 aliphatic carbocycles. The van der Waals surface area contributed by atoms with E-state index in [1.165, 1.54) is 4.90 Å². The van der Waals surface area contributed by atoms with Crippen molar-refractivity contribution < 1.29 is 9.59 Å². The van der Waals surface area contributed by atoms with Gasteiger partial charge in [0.05, 0.1) is 0 Å². The SMILES string of the molecule is CN(C)C(=O)C1CNCCN1C(=O)c1nccn1C. The largest absolute Gasteiger partial charge is 0.347 e. The van der Waals surface area contributed by atoms with Crippen molar-refractivity contribution in [2.24, 2.45) is 7.05 Å². The molecule has 0 aromatic carbocycles. The molecule has 2 amide bonds. The maximum absolute atomic E-state index is 12.5. The van der Waals surface area contributed by atoms with Gasteiger partial charge >= 0.3 is 0 Å². The van der Waals surface area contributed by atoms with Crippen LogP contribution in [0.1, 0.15) is 10.6 Å². The fraction of sp³-hybridized carbons (Fsp3) is 0.583. The molecule has 1 saturated heterocycles. The van der Waals surface area contributed by atoms with E-state index in [4.69, 9.17) is 0 Å². The summed E-state index contributed by atoms with van der Waals surface area (Å²) in [4.78, 5) is 31.8. The van der Waals surface area contributed by atoms with Crippen molar-refractivity contribution in [2.75, 3.05) is 33.7 Å². The van der Waals surface area contributed by atoms with Gasteiger partial charge in [0.2, 0.25) is 5.91 Å². The Hall–Kier alpha value is -1.89. The van der Waals surface area contributed by atoms with E-state index in [0.717, 1.165) is 0 Å². The number of aromatic nitrogens is 2. The molecule has 1 unspecified atom stereocenters. The van der Waals surface area contributed by atoms with E-state index < -0.39 is 6.04 Å². The molecule has 0 saturated carbocycles. The van der Waals surface area contributed by atoms with Crippen LogP contribution in [0.2, 0.25) is 0 Å². The number of hydrogen-bond donors (Lipinski definition) is 1. The minimum atomic E-state index is -0.465. The normalized spacial score (nSPS) is 19.3. The van der Waals surface area contributed by atoms with Crippen molar-refractivity contribution in [3.05, 3.63) is 18.2 Å². The van der Waals surface area contributed by atoms with E-state index in [1.54, 1.807) is 43.0 Å². The number of carbonyl (C=O) groups is 2. The predicted octanol–water partition coefficient (Wildman–Crippen LogP) is -1.08. The zero-order valence-corrected chi connectivity index (χ0v) is 11.5. The van der Waals surface area contributed by atoms with Crippen molar-refractivity contribution >= 4 is 11.8 Å². The van der Waals surface area contributed by atoms with Gasteiger partial charge in [-0.2, -0.15) is 0 Å². The minimum absolute atomic E-state index is 0.0743.